The Bertz CT molecular complexity index is 951. The minimum Gasteiger partial charge on any atom is -0.454 e. The molecule has 0 aromatic heterocycles. The summed E-state index contributed by atoms with van der Waals surface area (Å²) < 4.78 is 10.8. The molecule has 2 aliphatic rings. The van der Waals surface area contributed by atoms with Gasteiger partial charge in [0.2, 0.25) is 12.7 Å². The van der Waals surface area contributed by atoms with E-state index in [1.54, 1.807) is 6.07 Å². The molecule has 0 unspecified atom stereocenters. The summed E-state index contributed by atoms with van der Waals surface area (Å²) in [4.78, 5) is 29.0. The van der Waals surface area contributed by atoms with E-state index in [2.05, 4.69) is 10.2 Å². The SMILES string of the molecule is Cc1ccc(C(=O)NCC(=O)N2CCN(Cc3ccc4c(c3)OCO4)CC2)cc1C. The minimum absolute atomic E-state index is 0.0217. The van der Waals surface area contributed by atoms with Gasteiger partial charge in [-0.2, -0.15) is 0 Å². The summed E-state index contributed by atoms with van der Waals surface area (Å²) in [7, 11) is 0. The Kier molecular flexibility index (Phi) is 5.90. The molecule has 1 saturated heterocycles. The second kappa shape index (κ2) is 8.75. The van der Waals surface area contributed by atoms with E-state index in [9.17, 15) is 9.59 Å². The van der Waals surface area contributed by atoms with Crippen LogP contribution in [0.4, 0.5) is 0 Å². The first-order valence-corrected chi connectivity index (χ1v) is 10.2. The Hall–Kier alpha value is -3.06. The van der Waals surface area contributed by atoms with E-state index < -0.39 is 0 Å². The molecular formula is C23H27N3O4. The van der Waals surface area contributed by atoms with Crippen LogP contribution in [0.15, 0.2) is 36.4 Å². The molecule has 1 N–H and O–H groups in total. The number of nitrogens with one attached hydrogen (secondary N) is 1. The maximum absolute atomic E-state index is 12.5. The van der Waals surface area contributed by atoms with Crippen molar-refractivity contribution in [2.75, 3.05) is 39.5 Å². The van der Waals surface area contributed by atoms with Gasteiger partial charge in [0, 0.05) is 38.3 Å². The molecule has 0 aliphatic carbocycles. The number of rotatable bonds is 5. The molecule has 2 heterocycles. The summed E-state index contributed by atoms with van der Waals surface area (Å²) in [6.07, 6.45) is 0. The molecule has 2 aliphatic heterocycles. The molecule has 7 nitrogen and oxygen atoms in total. The lowest BCUT2D eigenvalue weighted by atomic mass is 10.1. The average Bonchev–Trinajstić information content (AvgIpc) is 3.22. The molecule has 0 bridgehead atoms. The van der Waals surface area contributed by atoms with E-state index in [1.165, 1.54) is 5.56 Å². The number of amides is 2. The molecule has 1 fully saturated rings. The van der Waals surface area contributed by atoms with Gasteiger partial charge in [-0.25, -0.2) is 0 Å². The van der Waals surface area contributed by atoms with Crippen LogP contribution in [-0.4, -0.2) is 61.1 Å². The van der Waals surface area contributed by atoms with Gasteiger partial charge < -0.3 is 19.7 Å². The van der Waals surface area contributed by atoms with Gasteiger partial charge in [0.25, 0.3) is 5.91 Å². The molecule has 158 valence electrons. The first-order valence-electron chi connectivity index (χ1n) is 10.2. The zero-order chi connectivity index (χ0) is 21.1. The molecule has 0 saturated carbocycles. The molecule has 0 atom stereocenters. The maximum atomic E-state index is 12.5. The standard InChI is InChI=1S/C23H27N3O4/c1-16-3-5-19(11-17(16)2)23(28)24-13-22(27)26-9-7-25(8-10-26)14-18-4-6-20-21(12-18)30-15-29-20/h3-6,11-12H,7-10,13-15H2,1-2H3,(H,24,28). The average molecular weight is 409 g/mol. The smallest absolute Gasteiger partial charge is 0.251 e. The highest BCUT2D eigenvalue weighted by molar-refractivity contribution is 5.96. The zero-order valence-electron chi connectivity index (χ0n) is 17.4. The highest BCUT2D eigenvalue weighted by atomic mass is 16.7. The maximum Gasteiger partial charge on any atom is 0.251 e. The van der Waals surface area contributed by atoms with Gasteiger partial charge in [0.1, 0.15) is 0 Å². The normalized spacial score (nSPS) is 15.9. The van der Waals surface area contributed by atoms with Gasteiger partial charge in [-0.1, -0.05) is 12.1 Å². The number of fused-ring (bicyclic) bond motifs is 1. The summed E-state index contributed by atoms with van der Waals surface area (Å²) in [5, 5.41) is 2.75. The number of aryl methyl sites for hydroxylation is 2. The van der Waals surface area contributed by atoms with E-state index in [0.717, 1.165) is 42.3 Å². The van der Waals surface area contributed by atoms with Crippen molar-refractivity contribution in [3.05, 3.63) is 58.7 Å². The summed E-state index contributed by atoms with van der Waals surface area (Å²) in [5.74, 6) is 1.32. The van der Waals surface area contributed by atoms with Crippen LogP contribution in [0.1, 0.15) is 27.0 Å². The summed E-state index contributed by atoms with van der Waals surface area (Å²) in [5.41, 5.74) is 3.95. The van der Waals surface area contributed by atoms with E-state index in [4.69, 9.17) is 9.47 Å². The predicted octanol–water partition coefficient (Wildman–Crippen LogP) is 2.11. The number of carbonyl (C=O) groups is 2. The molecule has 0 spiro atoms. The first kappa shape index (κ1) is 20.2. The van der Waals surface area contributed by atoms with Crippen LogP contribution in [-0.2, 0) is 11.3 Å². The Morgan fingerprint density at radius 3 is 2.47 bits per heavy atom. The molecule has 4 rings (SSSR count). The van der Waals surface area contributed by atoms with Crippen LogP contribution in [0, 0.1) is 13.8 Å². The Balaban J connectivity index is 1.23. The molecule has 2 aromatic carbocycles. The van der Waals surface area contributed by atoms with E-state index >= 15 is 0 Å². The third-order valence-corrected chi connectivity index (χ3v) is 5.74. The van der Waals surface area contributed by atoms with Crippen molar-refractivity contribution < 1.29 is 19.1 Å². The van der Waals surface area contributed by atoms with Crippen molar-refractivity contribution in [2.24, 2.45) is 0 Å². The lowest BCUT2D eigenvalue weighted by Gasteiger charge is -2.34. The monoisotopic (exact) mass is 409 g/mol. The van der Waals surface area contributed by atoms with Crippen LogP contribution in [0.2, 0.25) is 0 Å². The van der Waals surface area contributed by atoms with Crippen molar-refractivity contribution in [1.29, 1.82) is 0 Å². The van der Waals surface area contributed by atoms with Crippen LogP contribution in [0.5, 0.6) is 11.5 Å². The van der Waals surface area contributed by atoms with Gasteiger partial charge in [0.05, 0.1) is 6.54 Å². The number of piperazine rings is 1. The number of nitrogens with zero attached hydrogens (tertiary/aromatic N) is 2. The summed E-state index contributed by atoms with van der Waals surface area (Å²) in [6.45, 7) is 7.99. The minimum atomic E-state index is -0.215. The predicted molar refractivity (Wildman–Crippen MR) is 113 cm³/mol. The second-order valence-electron chi connectivity index (χ2n) is 7.83. The van der Waals surface area contributed by atoms with Gasteiger partial charge in [-0.05, 0) is 54.8 Å². The number of benzene rings is 2. The highest BCUT2D eigenvalue weighted by Crippen LogP contribution is 2.32. The van der Waals surface area contributed by atoms with Gasteiger partial charge in [0.15, 0.2) is 11.5 Å². The van der Waals surface area contributed by atoms with Crippen molar-refractivity contribution in [3.8, 4) is 11.5 Å². The van der Waals surface area contributed by atoms with Gasteiger partial charge in [-0.15, -0.1) is 0 Å². The fourth-order valence-electron chi connectivity index (χ4n) is 3.71. The van der Waals surface area contributed by atoms with E-state index in [1.807, 2.05) is 49.1 Å². The van der Waals surface area contributed by atoms with E-state index in [0.29, 0.717) is 18.7 Å². The molecule has 30 heavy (non-hydrogen) atoms. The number of carbonyl (C=O) groups excluding carboxylic acids is 2. The number of hydrogen-bond donors (Lipinski definition) is 1. The zero-order valence-corrected chi connectivity index (χ0v) is 17.4. The molecule has 0 radical (unpaired) electrons. The molecule has 7 heteroatoms. The molecular weight excluding hydrogens is 382 g/mol. The lowest BCUT2D eigenvalue weighted by molar-refractivity contribution is -0.131. The Labute approximate surface area is 176 Å². The lowest BCUT2D eigenvalue weighted by Crippen LogP contribution is -2.50. The summed E-state index contributed by atoms with van der Waals surface area (Å²) in [6, 6.07) is 11.6. The molecule has 2 amide bonds. The van der Waals surface area contributed by atoms with Crippen molar-refractivity contribution in [3.63, 3.8) is 0 Å². The third-order valence-electron chi connectivity index (χ3n) is 5.74. The molecule has 2 aromatic rings. The summed E-state index contributed by atoms with van der Waals surface area (Å²) >= 11 is 0. The topological polar surface area (TPSA) is 71.1 Å². The van der Waals surface area contributed by atoms with Crippen molar-refractivity contribution >= 4 is 11.8 Å². The van der Waals surface area contributed by atoms with Crippen molar-refractivity contribution in [2.45, 2.75) is 20.4 Å². The Morgan fingerprint density at radius 1 is 0.933 bits per heavy atom. The number of hydrogen-bond acceptors (Lipinski definition) is 5. The first-order chi connectivity index (χ1) is 14.5. The van der Waals surface area contributed by atoms with Gasteiger partial charge >= 0.3 is 0 Å². The largest absolute Gasteiger partial charge is 0.454 e. The Morgan fingerprint density at radius 2 is 1.70 bits per heavy atom. The van der Waals surface area contributed by atoms with Gasteiger partial charge in [-0.3, -0.25) is 14.5 Å². The van der Waals surface area contributed by atoms with Crippen LogP contribution in [0.3, 0.4) is 0 Å². The van der Waals surface area contributed by atoms with Crippen LogP contribution in [0.25, 0.3) is 0 Å². The van der Waals surface area contributed by atoms with Crippen molar-refractivity contribution in [1.82, 2.24) is 15.1 Å². The number of ether oxygens (including phenoxy) is 2. The van der Waals surface area contributed by atoms with E-state index in [-0.39, 0.29) is 25.2 Å². The van der Waals surface area contributed by atoms with Crippen LogP contribution < -0.4 is 14.8 Å². The van der Waals surface area contributed by atoms with Crippen LogP contribution >= 0.6 is 0 Å². The quantitative estimate of drug-likeness (QED) is 0.819. The second-order valence-corrected chi connectivity index (χ2v) is 7.83. The fraction of sp³-hybridized carbons (Fsp3) is 0.391. The third kappa shape index (κ3) is 4.57. The fourth-order valence-corrected chi connectivity index (χ4v) is 3.71. The highest BCUT2D eigenvalue weighted by Gasteiger charge is 2.22.